The maximum absolute atomic E-state index is 14.1. The van der Waals surface area contributed by atoms with E-state index >= 15 is 0 Å². The van der Waals surface area contributed by atoms with Gasteiger partial charge in [-0.3, -0.25) is 0 Å². The molecule has 7 heteroatoms. The molecule has 4 nitrogen and oxygen atoms in total. The summed E-state index contributed by atoms with van der Waals surface area (Å²) >= 11 is 5.78. The molecule has 0 heterocycles. The Morgan fingerprint density at radius 3 is 2.50 bits per heavy atom. The van der Waals surface area contributed by atoms with Gasteiger partial charge in [-0.25, -0.2) is 17.1 Å². The van der Waals surface area contributed by atoms with E-state index in [-0.39, 0.29) is 10.6 Å². The van der Waals surface area contributed by atoms with Crippen LogP contribution in [-0.2, 0) is 16.6 Å². The molecule has 0 bridgehead atoms. The van der Waals surface area contributed by atoms with Crippen LogP contribution in [0.15, 0.2) is 17.0 Å². The van der Waals surface area contributed by atoms with Crippen LogP contribution in [0.2, 0.25) is 5.02 Å². The predicted molar refractivity (Wildman–Crippen MR) is 76.6 cm³/mol. The highest BCUT2D eigenvalue weighted by Crippen LogP contribution is 2.26. The van der Waals surface area contributed by atoms with Gasteiger partial charge in [0.2, 0.25) is 10.0 Å². The van der Waals surface area contributed by atoms with Gasteiger partial charge in [0, 0.05) is 24.2 Å². The number of sulfonamides is 1. The van der Waals surface area contributed by atoms with E-state index in [1.807, 2.05) is 13.8 Å². The van der Waals surface area contributed by atoms with Crippen molar-refractivity contribution in [2.75, 3.05) is 13.6 Å². The zero-order valence-corrected chi connectivity index (χ0v) is 13.3. The van der Waals surface area contributed by atoms with Crippen LogP contribution in [0.4, 0.5) is 4.39 Å². The Labute approximate surface area is 124 Å². The topological polar surface area (TPSA) is 57.6 Å². The molecular formula is C13H19ClFNO3S. The van der Waals surface area contributed by atoms with Gasteiger partial charge in [-0.15, -0.1) is 0 Å². The van der Waals surface area contributed by atoms with Crippen LogP contribution >= 0.6 is 11.6 Å². The van der Waals surface area contributed by atoms with Gasteiger partial charge in [0.05, 0.1) is 6.61 Å². The molecule has 20 heavy (non-hydrogen) atoms. The number of nitrogens with zero attached hydrogens (tertiary/aromatic N) is 1. The summed E-state index contributed by atoms with van der Waals surface area (Å²) in [4.78, 5) is -0.500. The molecule has 0 fully saturated rings. The summed E-state index contributed by atoms with van der Waals surface area (Å²) in [7, 11) is -2.56. The first-order chi connectivity index (χ1) is 9.20. The number of hydrogen-bond acceptors (Lipinski definition) is 3. The van der Waals surface area contributed by atoms with Crippen LogP contribution in [0, 0.1) is 11.7 Å². The SMILES string of the molecule is CC(C)CCN(C)S(=O)(=O)c1cc(Cl)cc(CO)c1F. The summed E-state index contributed by atoms with van der Waals surface area (Å²) in [6.07, 6.45) is 0.671. The lowest BCUT2D eigenvalue weighted by atomic mass is 10.1. The molecule has 0 aliphatic heterocycles. The molecule has 1 aromatic carbocycles. The van der Waals surface area contributed by atoms with Crippen molar-refractivity contribution < 1.29 is 17.9 Å². The van der Waals surface area contributed by atoms with E-state index in [0.717, 1.165) is 10.4 Å². The number of aliphatic hydroxyl groups is 1. The minimum Gasteiger partial charge on any atom is -0.392 e. The third-order valence-corrected chi connectivity index (χ3v) is 5.03. The molecule has 0 aromatic heterocycles. The Hall–Kier alpha value is -0.690. The van der Waals surface area contributed by atoms with Crippen LogP contribution in [0.25, 0.3) is 0 Å². The van der Waals surface area contributed by atoms with E-state index in [4.69, 9.17) is 16.7 Å². The molecule has 1 N–H and O–H groups in total. The Morgan fingerprint density at radius 1 is 1.40 bits per heavy atom. The average Bonchev–Trinajstić information content (AvgIpc) is 2.37. The summed E-state index contributed by atoms with van der Waals surface area (Å²) in [6, 6.07) is 2.28. The second kappa shape index (κ2) is 6.85. The molecule has 0 saturated heterocycles. The van der Waals surface area contributed by atoms with Gasteiger partial charge >= 0.3 is 0 Å². The molecule has 1 rings (SSSR count). The number of aliphatic hydroxyl groups excluding tert-OH is 1. The van der Waals surface area contributed by atoms with Gasteiger partial charge in [-0.05, 0) is 24.5 Å². The molecule has 114 valence electrons. The monoisotopic (exact) mass is 323 g/mol. The second-order valence-corrected chi connectivity index (χ2v) is 7.49. The Bertz CT molecular complexity index is 575. The number of benzene rings is 1. The number of hydrogen-bond donors (Lipinski definition) is 1. The fraction of sp³-hybridized carbons (Fsp3) is 0.538. The second-order valence-electron chi connectivity index (χ2n) is 5.04. The summed E-state index contributed by atoms with van der Waals surface area (Å²) in [5.74, 6) is -0.613. The zero-order valence-electron chi connectivity index (χ0n) is 11.7. The molecule has 0 aliphatic carbocycles. The first-order valence-electron chi connectivity index (χ1n) is 6.25. The lowest BCUT2D eigenvalue weighted by Crippen LogP contribution is -2.29. The van der Waals surface area contributed by atoms with Crippen LogP contribution < -0.4 is 0 Å². The minimum atomic E-state index is -3.96. The molecule has 1 aromatic rings. The van der Waals surface area contributed by atoms with Crippen molar-refractivity contribution in [1.29, 1.82) is 0 Å². The molecular weight excluding hydrogens is 305 g/mol. The molecule has 0 spiro atoms. The van der Waals surface area contributed by atoms with Gasteiger partial charge < -0.3 is 5.11 Å². The maximum Gasteiger partial charge on any atom is 0.245 e. The first-order valence-corrected chi connectivity index (χ1v) is 8.07. The fourth-order valence-electron chi connectivity index (χ4n) is 1.65. The molecule has 0 unspecified atom stereocenters. The smallest absolute Gasteiger partial charge is 0.245 e. The standard InChI is InChI=1S/C13H19ClFNO3S/c1-9(2)4-5-16(3)20(18,19)12-7-11(14)6-10(8-17)13(12)15/h6-7,9,17H,4-5,8H2,1-3H3. The van der Waals surface area contributed by atoms with Crippen molar-refractivity contribution in [1.82, 2.24) is 4.31 Å². The van der Waals surface area contributed by atoms with E-state index in [1.54, 1.807) is 0 Å². The van der Waals surface area contributed by atoms with Crippen LogP contribution in [0.1, 0.15) is 25.8 Å². The van der Waals surface area contributed by atoms with Gasteiger partial charge in [0.1, 0.15) is 10.7 Å². The summed E-state index contributed by atoms with van der Waals surface area (Å²) in [6.45, 7) is 3.64. The van der Waals surface area contributed by atoms with Gasteiger partial charge in [0.25, 0.3) is 0 Å². The lowest BCUT2D eigenvalue weighted by Gasteiger charge is -2.19. The van der Waals surface area contributed by atoms with Gasteiger partial charge in [-0.2, -0.15) is 0 Å². The normalized spacial score (nSPS) is 12.4. The first kappa shape index (κ1) is 17.4. The van der Waals surface area contributed by atoms with Crippen LogP contribution in [0.3, 0.4) is 0 Å². The highest BCUT2D eigenvalue weighted by atomic mass is 35.5. The molecule has 0 atom stereocenters. The van der Waals surface area contributed by atoms with E-state index in [1.165, 1.54) is 13.1 Å². The van der Waals surface area contributed by atoms with Crippen molar-refractivity contribution in [3.63, 3.8) is 0 Å². The summed E-state index contributed by atoms with van der Waals surface area (Å²) in [5.41, 5.74) is -0.131. The van der Waals surface area contributed by atoms with E-state index in [2.05, 4.69) is 0 Å². The molecule has 0 saturated carbocycles. The molecule has 0 radical (unpaired) electrons. The maximum atomic E-state index is 14.1. The van der Waals surface area contributed by atoms with E-state index in [9.17, 15) is 12.8 Å². The van der Waals surface area contributed by atoms with Gasteiger partial charge in [0.15, 0.2) is 0 Å². The van der Waals surface area contributed by atoms with E-state index in [0.29, 0.717) is 18.9 Å². The number of halogens is 2. The average molecular weight is 324 g/mol. The van der Waals surface area contributed by atoms with Crippen molar-refractivity contribution in [3.8, 4) is 0 Å². The summed E-state index contributed by atoms with van der Waals surface area (Å²) < 4.78 is 39.8. The largest absolute Gasteiger partial charge is 0.392 e. The molecule has 0 aliphatic rings. The Balaban J connectivity index is 3.18. The van der Waals surface area contributed by atoms with Crippen molar-refractivity contribution in [3.05, 3.63) is 28.5 Å². The van der Waals surface area contributed by atoms with Crippen LogP contribution in [-0.4, -0.2) is 31.4 Å². The highest BCUT2D eigenvalue weighted by molar-refractivity contribution is 7.89. The van der Waals surface area contributed by atoms with E-state index < -0.39 is 27.3 Å². The predicted octanol–water partition coefficient (Wildman–Crippen LogP) is 2.64. The summed E-state index contributed by atoms with van der Waals surface area (Å²) in [5, 5.41) is 9.12. The van der Waals surface area contributed by atoms with Crippen molar-refractivity contribution in [2.24, 2.45) is 5.92 Å². The molecule has 0 amide bonds. The third kappa shape index (κ3) is 3.91. The third-order valence-electron chi connectivity index (χ3n) is 2.96. The quantitative estimate of drug-likeness (QED) is 0.875. The zero-order chi connectivity index (χ0) is 15.5. The Morgan fingerprint density at radius 2 is 2.00 bits per heavy atom. The number of rotatable bonds is 6. The van der Waals surface area contributed by atoms with Crippen molar-refractivity contribution >= 4 is 21.6 Å². The highest BCUT2D eigenvalue weighted by Gasteiger charge is 2.26. The van der Waals surface area contributed by atoms with Crippen LogP contribution in [0.5, 0.6) is 0 Å². The Kier molecular flexibility index (Phi) is 5.94. The fourth-order valence-corrected chi connectivity index (χ4v) is 3.27. The minimum absolute atomic E-state index is 0.0753. The van der Waals surface area contributed by atoms with Gasteiger partial charge in [-0.1, -0.05) is 25.4 Å². The van der Waals surface area contributed by atoms with Crippen molar-refractivity contribution in [2.45, 2.75) is 31.8 Å². The lowest BCUT2D eigenvalue weighted by molar-refractivity contribution is 0.274.